The number of methoxy groups -OCH3 is 1. The van der Waals surface area contributed by atoms with Gasteiger partial charge in [0.05, 0.1) is 19.2 Å². The van der Waals surface area contributed by atoms with Crippen molar-refractivity contribution in [2.75, 3.05) is 13.7 Å². The molecule has 90 valence electrons. The smallest absolute Gasteiger partial charge is 0.306 e. The molecule has 5 heteroatoms. The second-order valence-electron chi connectivity index (χ2n) is 3.92. The highest BCUT2D eigenvalue weighted by Gasteiger charge is 2.21. The van der Waals surface area contributed by atoms with Gasteiger partial charge in [-0.25, -0.2) is 0 Å². The van der Waals surface area contributed by atoms with Crippen molar-refractivity contribution in [1.82, 2.24) is 9.78 Å². The molecule has 0 aliphatic carbocycles. The molecule has 0 aromatic carbocycles. The number of esters is 1. The number of carbonyl (C=O) groups is 1. The summed E-state index contributed by atoms with van der Waals surface area (Å²) in [5.74, 6) is -0.251. The van der Waals surface area contributed by atoms with Crippen LogP contribution in [0.2, 0.25) is 0 Å². The second kappa shape index (κ2) is 5.12. The van der Waals surface area contributed by atoms with Crippen molar-refractivity contribution in [2.24, 2.45) is 12.8 Å². The standard InChI is InChI=1S/C11H19N3O2/c1-7-11(8(2)14(3)13-7)9(6-12)5-10(15)16-4/h9H,5-6,12H2,1-4H3. The summed E-state index contributed by atoms with van der Waals surface area (Å²) in [6, 6.07) is 0. The molecule has 1 aromatic rings. The van der Waals surface area contributed by atoms with Crippen LogP contribution < -0.4 is 5.73 Å². The minimum absolute atomic E-state index is 0.0128. The lowest BCUT2D eigenvalue weighted by atomic mass is 9.94. The molecule has 1 unspecified atom stereocenters. The zero-order valence-electron chi connectivity index (χ0n) is 10.3. The van der Waals surface area contributed by atoms with Gasteiger partial charge in [0, 0.05) is 24.2 Å². The lowest BCUT2D eigenvalue weighted by Crippen LogP contribution is -2.18. The maximum atomic E-state index is 11.3. The zero-order valence-corrected chi connectivity index (χ0v) is 10.3. The van der Waals surface area contributed by atoms with Crippen molar-refractivity contribution < 1.29 is 9.53 Å². The second-order valence-corrected chi connectivity index (χ2v) is 3.92. The third-order valence-electron chi connectivity index (χ3n) is 2.90. The van der Waals surface area contributed by atoms with Crippen LogP contribution in [0.1, 0.15) is 29.3 Å². The van der Waals surface area contributed by atoms with Gasteiger partial charge in [-0.05, 0) is 20.4 Å². The molecule has 5 nitrogen and oxygen atoms in total. The average Bonchev–Trinajstić information content (AvgIpc) is 2.50. The molecule has 0 spiro atoms. The molecule has 1 rings (SSSR count). The summed E-state index contributed by atoms with van der Waals surface area (Å²) in [5.41, 5.74) is 8.76. The predicted molar refractivity (Wildman–Crippen MR) is 61.1 cm³/mol. The Morgan fingerprint density at radius 1 is 1.56 bits per heavy atom. The fraction of sp³-hybridized carbons (Fsp3) is 0.636. The van der Waals surface area contributed by atoms with Crippen LogP contribution in [0.25, 0.3) is 0 Å². The normalized spacial score (nSPS) is 12.6. The zero-order chi connectivity index (χ0) is 12.3. The van der Waals surface area contributed by atoms with Gasteiger partial charge in [-0.15, -0.1) is 0 Å². The molecule has 0 amide bonds. The highest BCUT2D eigenvalue weighted by molar-refractivity contribution is 5.70. The SMILES string of the molecule is COC(=O)CC(CN)c1c(C)nn(C)c1C. The van der Waals surface area contributed by atoms with E-state index in [2.05, 4.69) is 9.84 Å². The first-order valence-corrected chi connectivity index (χ1v) is 5.28. The summed E-state index contributed by atoms with van der Waals surface area (Å²) in [5, 5.41) is 4.32. The summed E-state index contributed by atoms with van der Waals surface area (Å²) in [4.78, 5) is 11.3. The van der Waals surface area contributed by atoms with E-state index in [1.807, 2.05) is 25.6 Å². The van der Waals surface area contributed by atoms with Gasteiger partial charge >= 0.3 is 5.97 Å². The maximum Gasteiger partial charge on any atom is 0.306 e. The Labute approximate surface area is 95.6 Å². The molecule has 0 radical (unpaired) electrons. The summed E-state index contributed by atoms with van der Waals surface area (Å²) < 4.78 is 6.48. The predicted octanol–water partition coefficient (Wildman–Crippen LogP) is 0.642. The van der Waals surface area contributed by atoms with E-state index in [0.29, 0.717) is 13.0 Å². The van der Waals surface area contributed by atoms with Crippen LogP contribution in [0.4, 0.5) is 0 Å². The fourth-order valence-corrected chi connectivity index (χ4v) is 1.97. The van der Waals surface area contributed by atoms with Gasteiger partial charge in [-0.3, -0.25) is 9.48 Å². The van der Waals surface area contributed by atoms with Gasteiger partial charge in [-0.2, -0.15) is 5.10 Å². The Morgan fingerprint density at radius 3 is 2.56 bits per heavy atom. The highest BCUT2D eigenvalue weighted by atomic mass is 16.5. The number of aromatic nitrogens is 2. The molecular formula is C11H19N3O2. The number of nitrogens with zero attached hydrogens (tertiary/aromatic N) is 2. The first-order valence-electron chi connectivity index (χ1n) is 5.28. The number of aryl methyl sites for hydroxylation is 2. The monoisotopic (exact) mass is 225 g/mol. The molecule has 1 heterocycles. The Hall–Kier alpha value is -1.36. The lowest BCUT2D eigenvalue weighted by Gasteiger charge is -2.14. The van der Waals surface area contributed by atoms with Gasteiger partial charge in [0.15, 0.2) is 0 Å². The fourth-order valence-electron chi connectivity index (χ4n) is 1.97. The number of ether oxygens (including phenoxy) is 1. The molecule has 1 atom stereocenters. The van der Waals surface area contributed by atoms with Gasteiger partial charge in [0.2, 0.25) is 0 Å². The number of hydrogen-bond acceptors (Lipinski definition) is 4. The van der Waals surface area contributed by atoms with Crippen LogP contribution in [-0.4, -0.2) is 29.4 Å². The number of carbonyl (C=O) groups excluding carboxylic acids is 1. The topological polar surface area (TPSA) is 70.1 Å². The van der Waals surface area contributed by atoms with Crippen LogP contribution >= 0.6 is 0 Å². The minimum atomic E-state index is -0.238. The maximum absolute atomic E-state index is 11.3. The van der Waals surface area contributed by atoms with Gasteiger partial charge in [-0.1, -0.05) is 0 Å². The quantitative estimate of drug-likeness (QED) is 0.763. The molecule has 16 heavy (non-hydrogen) atoms. The first-order chi connectivity index (χ1) is 7.51. The molecule has 0 saturated carbocycles. The van der Waals surface area contributed by atoms with Crippen molar-refractivity contribution >= 4 is 5.97 Å². The van der Waals surface area contributed by atoms with E-state index in [1.165, 1.54) is 7.11 Å². The molecule has 0 aliphatic rings. The molecule has 0 bridgehead atoms. The number of nitrogens with two attached hydrogens (primary N) is 1. The number of rotatable bonds is 4. The third-order valence-corrected chi connectivity index (χ3v) is 2.90. The van der Waals surface area contributed by atoms with E-state index in [0.717, 1.165) is 17.0 Å². The van der Waals surface area contributed by atoms with Gasteiger partial charge < -0.3 is 10.5 Å². The molecule has 0 saturated heterocycles. The summed E-state index contributed by atoms with van der Waals surface area (Å²) in [7, 11) is 3.27. The van der Waals surface area contributed by atoms with Crippen molar-refractivity contribution in [3.05, 3.63) is 17.0 Å². The molecule has 0 aliphatic heterocycles. The molecule has 2 N–H and O–H groups in total. The minimum Gasteiger partial charge on any atom is -0.469 e. The largest absolute Gasteiger partial charge is 0.469 e. The lowest BCUT2D eigenvalue weighted by molar-refractivity contribution is -0.141. The third kappa shape index (κ3) is 2.41. The summed E-state index contributed by atoms with van der Waals surface area (Å²) in [6.07, 6.45) is 0.306. The summed E-state index contributed by atoms with van der Waals surface area (Å²) >= 11 is 0. The van der Waals surface area contributed by atoms with E-state index in [4.69, 9.17) is 5.73 Å². The highest BCUT2D eigenvalue weighted by Crippen LogP contribution is 2.25. The van der Waals surface area contributed by atoms with E-state index in [-0.39, 0.29) is 11.9 Å². The Bertz CT molecular complexity index is 385. The molecule has 0 fully saturated rings. The van der Waals surface area contributed by atoms with Gasteiger partial charge in [0.1, 0.15) is 0 Å². The van der Waals surface area contributed by atoms with Crippen LogP contribution in [-0.2, 0) is 16.6 Å². The van der Waals surface area contributed by atoms with E-state index < -0.39 is 0 Å². The van der Waals surface area contributed by atoms with Crippen molar-refractivity contribution in [1.29, 1.82) is 0 Å². The van der Waals surface area contributed by atoms with Crippen LogP contribution in [0, 0.1) is 13.8 Å². The Morgan fingerprint density at radius 2 is 2.19 bits per heavy atom. The van der Waals surface area contributed by atoms with Crippen molar-refractivity contribution in [2.45, 2.75) is 26.2 Å². The van der Waals surface area contributed by atoms with E-state index in [1.54, 1.807) is 0 Å². The van der Waals surface area contributed by atoms with E-state index in [9.17, 15) is 4.79 Å². The van der Waals surface area contributed by atoms with E-state index >= 15 is 0 Å². The van der Waals surface area contributed by atoms with Crippen LogP contribution in [0.5, 0.6) is 0 Å². The first kappa shape index (κ1) is 12.7. The van der Waals surface area contributed by atoms with Gasteiger partial charge in [0.25, 0.3) is 0 Å². The molecular weight excluding hydrogens is 206 g/mol. The number of hydrogen-bond donors (Lipinski definition) is 1. The van der Waals surface area contributed by atoms with Crippen LogP contribution in [0.15, 0.2) is 0 Å². The average molecular weight is 225 g/mol. The Kier molecular flexibility index (Phi) is 4.06. The van der Waals surface area contributed by atoms with Crippen LogP contribution in [0.3, 0.4) is 0 Å². The summed E-state index contributed by atoms with van der Waals surface area (Å²) in [6.45, 7) is 4.33. The van der Waals surface area contributed by atoms with Crippen molar-refractivity contribution in [3.8, 4) is 0 Å². The molecule has 1 aromatic heterocycles. The van der Waals surface area contributed by atoms with Crippen molar-refractivity contribution in [3.63, 3.8) is 0 Å². The Balaban J connectivity index is 2.99.